The first-order valence-electron chi connectivity index (χ1n) is 4.24. The lowest BCUT2D eigenvalue weighted by atomic mass is 10.3. The highest BCUT2D eigenvalue weighted by atomic mass is 32.1. The molecule has 78 valence electrons. The molecule has 0 aliphatic rings. The average Bonchev–Trinajstić information content (AvgIpc) is 2.84. The molecule has 2 aromatic rings. The molecule has 0 aliphatic carbocycles. The van der Waals surface area contributed by atoms with Crippen molar-refractivity contribution >= 4 is 23.0 Å². The van der Waals surface area contributed by atoms with E-state index in [1.807, 2.05) is 6.07 Å². The average molecular weight is 223 g/mol. The molecular weight excluding hydrogens is 214 g/mol. The molecule has 0 fully saturated rings. The van der Waals surface area contributed by atoms with Crippen LogP contribution in [0.1, 0.15) is 9.67 Å². The minimum Gasteiger partial charge on any atom is -0.465 e. The molecule has 2 N–H and O–H groups in total. The van der Waals surface area contributed by atoms with Gasteiger partial charge in [-0.25, -0.2) is 4.79 Å². The number of hydrogen-bond donors (Lipinski definition) is 1. The fourth-order valence-electron chi connectivity index (χ4n) is 1.20. The number of carbonyl (C=O) groups excluding carboxylic acids is 1. The second-order valence-electron chi connectivity index (χ2n) is 2.86. The van der Waals surface area contributed by atoms with Crippen LogP contribution in [0.5, 0.6) is 0 Å². The predicted octanol–water partition coefficient (Wildman–Crippen LogP) is 2.38. The third kappa shape index (κ3) is 1.73. The molecule has 0 atom stereocenters. The topological polar surface area (TPSA) is 65.5 Å². The SMILES string of the molecule is COC(=O)c1sc(-c2ccco2)cc1N. The van der Waals surface area contributed by atoms with Gasteiger partial charge in [0, 0.05) is 0 Å². The van der Waals surface area contributed by atoms with Crippen LogP contribution in [0.25, 0.3) is 10.6 Å². The first-order chi connectivity index (χ1) is 7.22. The van der Waals surface area contributed by atoms with Crippen LogP contribution in [-0.2, 0) is 4.74 Å². The third-order valence-electron chi connectivity index (χ3n) is 1.90. The van der Waals surface area contributed by atoms with Gasteiger partial charge in [0.1, 0.15) is 10.6 Å². The fourth-order valence-corrected chi connectivity index (χ4v) is 2.16. The van der Waals surface area contributed by atoms with Crippen LogP contribution < -0.4 is 5.73 Å². The number of ether oxygens (including phenoxy) is 1. The monoisotopic (exact) mass is 223 g/mol. The Balaban J connectivity index is 2.41. The Morgan fingerprint density at radius 2 is 2.40 bits per heavy atom. The highest BCUT2D eigenvalue weighted by molar-refractivity contribution is 7.17. The molecule has 0 saturated carbocycles. The Labute approximate surface area is 90.3 Å². The van der Waals surface area contributed by atoms with Crippen LogP contribution in [-0.4, -0.2) is 13.1 Å². The van der Waals surface area contributed by atoms with Gasteiger partial charge in [0.2, 0.25) is 0 Å². The van der Waals surface area contributed by atoms with Gasteiger partial charge in [-0.3, -0.25) is 0 Å². The molecule has 0 aliphatic heterocycles. The summed E-state index contributed by atoms with van der Waals surface area (Å²) in [7, 11) is 1.33. The first-order valence-corrected chi connectivity index (χ1v) is 5.05. The number of hydrogen-bond acceptors (Lipinski definition) is 5. The van der Waals surface area contributed by atoms with Crippen molar-refractivity contribution in [1.29, 1.82) is 0 Å². The largest absolute Gasteiger partial charge is 0.465 e. The van der Waals surface area contributed by atoms with Crippen molar-refractivity contribution in [2.45, 2.75) is 0 Å². The van der Waals surface area contributed by atoms with Crippen LogP contribution in [0, 0.1) is 0 Å². The maximum atomic E-state index is 11.3. The van der Waals surface area contributed by atoms with Crippen molar-refractivity contribution in [2.75, 3.05) is 12.8 Å². The van der Waals surface area contributed by atoms with E-state index in [2.05, 4.69) is 4.74 Å². The van der Waals surface area contributed by atoms with Crippen molar-refractivity contribution in [3.63, 3.8) is 0 Å². The number of furan rings is 1. The molecular formula is C10H9NO3S. The Morgan fingerprint density at radius 1 is 1.60 bits per heavy atom. The number of nitrogens with two attached hydrogens (primary N) is 1. The normalized spacial score (nSPS) is 10.2. The highest BCUT2D eigenvalue weighted by Crippen LogP contribution is 2.33. The molecule has 0 bridgehead atoms. The molecule has 15 heavy (non-hydrogen) atoms. The Morgan fingerprint density at radius 3 is 3.00 bits per heavy atom. The highest BCUT2D eigenvalue weighted by Gasteiger charge is 2.16. The summed E-state index contributed by atoms with van der Waals surface area (Å²) in [5.74, 6) is 0.275. The van der Waals surface area contributed by atoms with Gasteiger partial charge in [0.05, 0.1) is 23.9 Å². The molecule has 0 aromatic carbocycles. The Hall–Kier alpha value is -1.75. The van der Waals surface area contributed by atoms with E-state index < -0.39 is 5.97 Å². The lowest BCUT2D eigenvalue weighted by Gasteiger charge is -1.94. The van der Waals surface area contributed by atoms with Crippen molar-refractivity contribution in [3.05, 3.63) is 29.3 Å². The molecule has 2 heterocycles. The van der Waals surface area contributed by atoms with Gasteiger partial charge in [0.25, 0.3) is 0 Å². The van der Waals surface area contributed by atoms with Gasteiger partial charge in [-0.15, -0.1) is 11.3 Å². The van der Waals surface area contributed by atoms with E-state index in [9.17, 15) is 4.79 Å². The predicted molar refractivity (Wildman–Crippen MR) is 57.8 cm³/mol. The standard InChI is InChI=1S/C10H9NO3S/c1-13-10(12)9-6(11)5-8(15-9)7-3-2-4-14-7/h2-5H,11H2,1H3. The maximum Gasteiger partial charge on any atom is 0.350 e. The van der Waals surface area contributed by atoms with Crippen molar-refractivity contribution in [2.24, 2.45) is 0 Å². The van der Waals surface area contributed by atoms with Gasteiger partial charge >= 0.3 is 5.97 Å². The molecule has 4 nitrogen and oxygen atoms in total. The van der Waals surface area contributed by atoms with Gasteiger partial charge in [-0.1, -0.05) is 0 Å². The Kier molecular flexibility index (Phi) is 2.47. The lowest BCUT2D eigenvalue weighted by Crippen LogP contribution is -2.00. The number of methoxy groups -OCH3 is 1. The molecule has 0 unspecified atom stereocenters. The molecule has 2 aromatic heterocycles. The van der Waals surface area contributed by atoms with Gasteiger partial charge in [-0.2, -0.15) is 0 Å². The Bertz CT molecular complexity index is 473. The summed E-state index contributed by atoms with van der Waals surface area (Å²) in [6.45, 7) is 0. The van der Waals surface area contributed by atoms with Crippen LogP contribution in [0.4, 0.5) is 5.69 Å². The summed E-state index contributed by atoms with van der Waals surface area (Å²) < 4.78 is 9.81. The minimum atomic E-state index is -0.421. The molecule has 0 amide bonds. The van der Waals surface area contributed by atoms with E-state index >= 15 is 0 Å². The van der Waals surface area contributed by atoms with Crippen molar-refractivity contribution in [3.8, 4) is 10.6 Å². The van der Waals surface area contributed by atoms with E-state index in [-0.39, 0.29) is 0 Å². The summed E-state index contributed by atoms with van der Waals surface area (Å²) in [6.07, 6.45) is 1.57. The summed E-state index contributed by atoms with van der Waals surface area (Å²) in [5.41, 5.74) is 6.11. The van der Waals surface area contributed by atoms with E-state index in [1.54, 1.807) is 18.4 Å². The van der Waals surface area contributed by atoms with E-state index in [0.29, 0.717) is 16.3 Å². The number of nitrogen functional groups attached to an aromatic ring is 1. The van der Waals surface area contributed by atoms with Crippen LogP contribution in [0.15, 0.2) is 28.9 Å². The number of rotatable bonds is 2. The van der Waals surface area contributed by atoms with E-state index in [1.165, 1.54) is 18.4 Å². The van der Waals surface area contributed by atoms with Crippen LogP contribution in [0.3, 0.4) is 0 Å². The van der Waals surface area contributed by atoms with Crippen molar-refractivity contribution in [1.82, 2.24) is 0 Å². The van der Waals surface area contributed by atoms with Crippen LogP contribution >= 0.6 is 11.3 Å². The summed E-state index contributed by atoms with van der Waals surface area (Å²) in [6, 6.07) is 5.30. The van der Waals surface area contributed by atoms with Gasteiger partial charge < -0.3 is 14.9 Å². The number of esters is 1. The zero-order chi connectivity index (χ0) is 10.8. The summed E-state index contributed by atoms with van der Waals surface area (Å²) in [4.78, 5) is 12.5. The third-order valence-corrected chi connectivity index (χ3v) is 3.04. The molecule has 0 radical (unpaired) electrons. The second-order valence-corrected chi connectivity index (χ2v) is 3.92. The maximum absolute atomic E-state index is 11.3. The number of thiophene rings is 1. The lowest BCUT2D eigenvalue weighted by molar-refractivity contribution is 0.0607. The first kappa shape index (κ1) is 9.79. The van der Waals surface area contributed by atoms with E-state index in [4.69, 9.17) is 10.2 Å². The molecule has 0 saturated heterocycles. The molecule has 5 heteroatoms. The fraction of sp³-hybridized carbons (Fsp3) is 0.100. The smallest absolute Gasteiger partial charge is 0.350 e. The quantitative estimate of drug-likeness (QED) is 0.794. The summed E-state index contributed by atoms with van der Waals surface area (Å²) >= 11 is 1.26. The zero-order valence-corrected chi connectivity index (χ0v) is 8.84. The zero-order valence-electron chi connectivity index (χ0n) is 8.02. The minimum absolute atomic E-state index is 0.406. The summed E-state index contributed by atoms with van der Waals surface area (Å²) in [5, 5.41) is 0. The van der Waals surface area contributed by atoms with Crippen molar-refractivity contribution < 1.29 is 13.9 Å². The van der Waals surface area contributed by atoms with Crippen LogP contribution in [0.2, 0.25) is 0 Å². The molecule has 2 rings (SSSR count). The molecule has 0 spiro atoms. The number of carbonyl (C=O) groups is 1. The second kappa shape index (κ2) is 3.78. The van der Waals surface area contributed by atoms with Gasteiger partial charge in [0.15, 0.2) is 0 Å². The number of anilines is 1. The van der Waals surface area contributed by atoms with Gasteiger partial charge in [-0.05, 0) is 18.2 Å². The van der Waals surface area contributed by atoms with E-state index in [0.717, 1.165) is 4.88 Å².